The van der Waals surface area contributed by atoms with E-state index in [1.807, 2.05) is 24.3 Å². The molecular weight excluding hydrogens is 659 g/mol. The van der Waals surface area contributed by atoms with Gasteiger partial charge in [-0.1, -0.05) is 189 Å². The van der Waals surface area contributed by atoms with Crippen molar-refractivity contribution in [1.82, 2.24) is 15.0 Å². The molecule has 0 bridgehead atoms. The summed E-state index contributed by atoms with van der Waals surface area (Å²) in [6, 6.07) is 62.9. The second-order valence-corrected chi connectivity index (χ2v) is 18.7. The Bertz CT molecular complexity index is 2790. The van der Waals surface area contributed by atoms with Crippen molar-refractivity contribution in [2.24, 2.45) is 0 Å². The van der Waals surface area contributed by atoms with Crippen molar-refractivity contribution in [1.29, 1.82) is 0 Å². The van der Waals surface area contributed by atoms with E-state index in [1.54, 1.807) is 0 Å². The first-order chi connectivity index (χ1) is 26.0. The molecule has 250 valence electrons. The molecule has 3 nitrogen and oxygen atoms in total. The first kappa shape index (κ1) is 31.3. The molecule has 53 heavy (non-hydrogen) atoms. The predicted molar refractivity (Wildman–Crippen MR) is 224 cm³/mol. The van der Waals surface area contributed by atoms with Crippen molar-refractivity contribution >= 4 is 40.0 Å². The lowest BCUT2D eigenvalue weighted by Gasteiger charge is -2.21. The van der Waals surface area contributed by atoms with Gasteiger partial charge >= 0.3 is 0 Å². The maximum absolute atomic E-state index is 5.28. The lowest BCUT2D eigenvalue weighted by molar-refractivity contribution is 1.08. The van der Waals surface area contributed by atoms with Crippen LogP contribution in [0.25, 0.3) is 89.1 Å². The quantitative estimate of drug-likeness (QED) is 0.133. The summed E-state index contributed by atoms with van der Waals surface area (Å²) >= 11 is 0. The summed E-state index contributed by atoms with van der Waals surface area (Å²) in [6.45, 7) is 4.97. The molecule has 4 heteroatoms. The van der Waals surface area contributed by atoms with Gasteiger partial charge in [-0.15, -0.1) is 0 Å². The number of hydrogen-bond acceptors (Lipinski definition) is 3. The topological polar surface area (TPSA) is 38.7 Å². The summed E-state index contributed by atoms with van der Waals surface area (Å²) in [7, 11) is -1.87. The van der Waals surface area contributed by atoms with Gasteiger partial charge in [-0.05, 0) is 65.3 Å². The SMILES string of the molecule is C[Si]1(C)c2ccccc2-c2ccc(-c3c4ccccc4c(-c4nc(-c5ccccc5)nc(-c5ccc(-c6ccccc6)cc5)n4)c4ccccc34)cc21. The van der Waals surface area contributed by atoms with Crippen LogP contribution in [-0.2, 0) is 0 Å². The molecule has 1 aromatic heterocycles. The van der Waals surface area contributed by atoms with Gasteiger partial charge < -0.3 is 0 Å². The highest BCUT2D eigenvalue weighted by molar-refractivity contribution is 7.03. The minimum absolute atomic E-state index is 0.649. The van der Waals surface area contributed by atoms with Gasteiger partial charge in [0, 0.05) is 16.7 Å². The number of aromatic nitrogens is 3. The molecule has 8 aromatic carbocycles. The minimum atomic E-state index is -1.87. The van der Waals surface area contributed by atoms with Crippen LogP contribution < -0.4 is 10.4 Å². The third-order valence-corrected chi connectivity index (χ3v) is 14.5. The standard InChI is InChI=1S/C49H35N3Si/c1-53(2)43-24-14-13-19-37(43)38-30-29-36(31-44(38)53)45-39-20-9-11-22-41(39)46(42-23-12-10-21-40(42)45)49-51-47(34-17-7-4-8-18-34)50-48(52-49)35-27-25-33(26-28-35)32-15-5-3-6-16-32/h3-31H,1-2H3. The molecule has 2 heterocycles. The van der Waals surface area contributed by atoms with E-state index in [-0.39, 0.29) is 0 Å². The average molecular weight is 694 g/mol. The molecular formula is C49H35N3Si. The lowest BCUT2D eigenvalue weighted by atomic mass is 9.87. The first-order valence-electron chi connectivity index (χ1n) is 18.2. The molecule has 0 spiro atoms. The Balaban J connectivity index is 1.20. The largest absolute Gasteiger partial charge is 0.208 e. The monoisotopic (exact) mass is 693 g/mol. The Hall–Kier alpha value is -6.49. The van der Waals surface area contributed by atoms with Crippen LogP contribution in [0.5, 0.6) is 0 Å². The Labute approximate surface area is 310 Å². The van der Waals surface area contributed by atoms with E-state index in [1.165, 1.54) is 49.0 Å². The van der Waals surface area contributed by atoms with E-state index < -0.39 is 8.07 Å². The van der Waals surface area contributed by atoms with E-state index in [4.69, 9.17) is 15.0 Å². The van der Waals surface area contributed by atoms with Gasteiger partial charge in [0.05, 0.1) is 0 Å². The van der Waals surface area contributed by atoms with E-state index in [0.29, 0.717) is 17.5 Å². The van der Waals surface area contributed by atoms with E-state index in [0.717, 1.165) is 33.0 Å². The molecule has 0 atom stereocenters. The molecule has 0 radical (unpaired) electrons. The minimum Gasteiger partial charge on any atom is -0.208 e. The summed E-state index contributed by atoms with van der Waals surface area (Å²) in [4.78, 5) is 15.6. The average Bonchev–Trinajstić information content (AvgIpc) is 3.45. The summed E-state index contributed by atoms with van der Waals surface area (Å²) in [5.74, 6) is 1.97. The highest BCUT2D eigenvalue weighted by Gasteiger charge is 2.37. The normalized spacial score (nSPS) is 12.9. The van der Waals surface area contributed by atoms with Gasteiger partial charge in [0.2, 0.25) is 0 Å². The van der Waals surface area contributed by atoms with Crippen molar-refractivity contribution in [3.8, 4) is 67.5 Å². The fourth-order valence-electron chi connectivity index (χ4n) is 8.32. The third kappa shape index (κ3) is 5.14. The first-order valence-corrected chi connectivity index (χ1v) is 21.2. The Morgan fingerprint density at radius 1 is 0.321 bits per heavy atom. The summed E-state index contributed by atoms with van der Waals surface area (Å²) in [5.41, 5.74) is 10.5. The van der Waals surface area contributed by atoms with Crippen LogP contribution >= 0.6 is 0 Å². The molecule has 10 rings (SSSR count). The number of hydrogen-bond donors (Lipinski definition) is 0. The highest BCUT2D eigenvalue weighted by Crippen LogP contribution is 2.44. The van der Waals surface area contributed by atoms with E-state index in [9.17, 15) is 0 Å². The number of nitrogens with zero attached hydrogens (tertiary/aromatic N) is 3. The van der Waals surface area contributed by atoms with Gasteiger partial charge in [0.1, 0.15) is 8.07 Å². The van der Waals surface area contributed by atoms with Crippen LogP contribution in [0.3, 0.4) is 0 Å². The Morgan fingerprint density at radius 2 is 0.736 bits per heavy atom. The van der Waals surface area contributed by atoms with Crippen LogP contribution in [0, 0.1) is 0 Å². The van der Waals surface area contributed by atoms with Gasteiger partial charge in [-0.3, -0.25) is 0 Å². The smallest absolute Gasteiger partial charge is 0.165 e. The van der Waals surface area contributed by atoms with Crippen LogP contribution in [-0.4, -0.2) is 23.0 Å². The second-order valence-electron chi connectivity index (χ2n) is 14.4. The predicted octanol–water partition coefficient (Wildman–Crippen LogP) is 11.3. The van der Waals surface area contributed by atoms with Crippen molar-refractivity contribution < 1.29 is 0 Å². The molecule has 1 aliphatic heterocycles. The molecule has 1 aliphatic rings. The number of fused-ring (bicyclic) bond motifs is 5. The van der Waals surface area contributed by atoms with Crippen LogP contribution in [0.15, 0.2) is 176 Å². The zero-order valence-corrected chi connectivity index (χ0v) is 30.6. The molecule has 0 aliphatic carbocycles. The Kier molecular flexibility index (Phi) is 7.27. The molecule has 0 saturated carbocycles. The number of benzene rings is 8. The lowest BCUT2D eigenvalue weighted by Crippen LogP contribution is -2.49. The summed E-state index contributed by atoms with van der Waals surface area (Å²) in [6.07, 6.45) is 0. The zero-order valence-electron chi connectivity index (χ0n) is 29.6. The number of rotatable bonds is 5. The fraction of sp³-hybridized carbons (Fsp3) is 0.0408. The zero-order chi connectivity index (χ0) is 35.5. The van der Waals surface area contributed by atoms with Crippen molar-refractivity contribution in [3.63, 3.8) is 0 Å². The van der Waals surface area contributed by atoms with E-state index in [2.05, 4.69) is 165 Å². The molecule has 9 aromatic rings. The molecule has 0 N–H and O–H groups in total. The van der Waals surface area contributed by atoms with E-state index >= 15 is 0 Å². The third-order valence-electron chi connectivity index (χ3n) is 10.9. The van der Waals surface area contributed by atoms with Gasteiger partial charge in [-0.25, -0.2) is 15.0 Å². The maximum Gasteiger partial charge on any atom is 0.165 e. The summed E-state index contributed by atoms with van der Waals surface area (Å²) < 4.78 is 0. The van der Waals surface area contributed by atoms with Crippen molar-refractivity contribution in [3.05, 3.63) is 176 Å². The molecule has 0 amide bonds. The second kappa shape index (κ2) is 12.3. The fourth-order valence-corrected chi connectivity index (χ4v) is 11.4. The van der Waals surface area contributed by atoms with Gasteiger partial charge in [0.25, 0.3) is 0 Å². The van der Waals surface area contributed by atoms with Crippen molar-refractivity contribution in [2.45, 2.75) is 13.1 Å². The molecule has 0 saturated heterocycles. The molecule has 0 unspecified atom stereocenters. The van der Waals surface area contributed by atoms with Gasteiger partial charge in [-0.2, -0.15) is 0 Å². The van der Waals surface area contributed by atoms with Gasteiger partial charge in [0.15, 0.2) is 17.5 Å². The van der Waals surface area contributed by atoms with Crippen LogP contribution in [0.1, 0.15) is 0 Å². The summed E-state index contributed by atoms with van der Waals surface area (Å²) in [5, 5.41) is 7.64. The highest BCUT2D eigenvalue weighted by atomic mass is 28.3. The van der Waals surface area contributed by atoms with Crippen molar-refractivity contribution in [2.75, 3.05) is 0 Å². The molecule has 0 fully saturated rings. The Morgan fingerprint density at radius 3 is 1.36 bits per heavy atom. The maximum atomic E-state index is 5.28. The van der Waals surface area contributed by atoms with Crippen LogP contribution in [0.4, 0.5) is 0 Å². The van der Waals surface area contributed by atoms with Crippen LogP contribution in [0.2, 0.25) is 13.1 Å².